The first-order valence-corrected chi connectivity index (χ1v) is 9.23. The highest BCUT2D eigenvalue weighted by Crippen LogP contribution is 2.23. The minimum absolute atomic E-state index is 0.319. The zero-order valence-electron chi connectivity index (χ0n) is 14.6. The SMILES string of the molecule is Cc1cc(/C=N\NC(=O)c2ccc(Cl)c(Cl)c2)c(C)n1-c1ccc(Cl)cc1. The van der Waals surface area contributed by atoms with Crippen LogP contribution in [0.3, 0.4) is 0 Å². The van der Waals surface area contributed by atoms with Gasteiger partial charge in [-0.2, -0.15) is 5.10 Å². The largest absolute Gasteiger partial charge is 0.318 e. The van der Waals surface area contributed by atoms with E-state index in [-0.39, 0.29) is 5.91 Å². The predicted molar refractivity (Wildman–Crippen MR) is 112 cm³/mol. The molecule has 0 aliphatic heterocycles. The molecule has 0 fully saturated rings. The third kappa shape index (κ3) is 4.35. The van der Waals surface area contributed by atoms with Crippen LogP contribution < -0.4 is 5.43 Å². The normalized spacial score (nSPS) is 11.1. The van der Waals surface area contributed by atoms with Gasteiger partial charge in [-0.1, -0.05) is 34.8 Å². The Morgan fingerprint density at radius 1 is 1.00 bits per heavy atom. The summed E-state index contributed by atoms with van der Waals surface area (Å²) in [5, 5.41) is 5.46. The van der Waals surface area contributed by atoms with Crippen molar-refractivity contribution in [2.75, 3.05) is 0 Å². The van der Waals surface area contributed by atoms with E-state index in [0.717, 1.165) is 22.6 Å². The molecule has 1 amide bonds. The van der Waals surface area contributed by atoms with Gasteiger partial charge in [-0.05, 0) is 62.4 Å². The molecule has 27 heavy (non-hydrogen) atoms. The van der Waals surface area contributed by atoms with E-state index < -0.39 is 0 Å². The van der Waals surface area contributed by atoms with Crippen LogP contribution >= 0.6 is 34.8 Å². The molecule has 0 unspecified atom stereocenters. The fourth-order valence-electron chi connectivity index (χ4n) is 2.77. The molecule has 0 atom stereocenters. The number of nitrogens with one attached hydrogen (secondary N) is 1. The minimum atomic E-state index is -0.365. The van der Waals surface area contributed by atoms with Crippen molar-refractivity contribution in [2.45, 2.75) is 13.8 Å². The van der Waals surface area contributed by atoms with Crippen molar-refractivity contribution in [1.82, 2.24) is 9.99 Å². The maximum Gasteiger partial charge on any atom is 0.271 e. The Morgan fingerprint density at radius 2 is 1.70 bits per heavy atom. The average molecular weight is 421 g/mol. The molecule has 0 aliphatic carbocycles. The van der Waals surface area contributed by atoms with E-state index in [1.54, 1.807) is 18.3 Å². The van der Waals surface area contributed by atoms with E-state index in [4.69, 9.17) is 34.8 Å². The summed E-state index contributed by atoms with van der Waals surface area (Å²) in [6, 6.07) is 14.3. The van der Waals surface area contributed by atoms with Crippen LogP contribution in [0.4, 0.5) is 0 Å². The number of hydrogen-bond acceptors (Lipinski definition) is 2. The summed E-state index contributed by atoms with van der Waals surface area (Å²) >= 11 is 17.8. The van der Waals surface area contributed by atoms with E-state index >= 15 is 0 Å². The van der Waals surface area contributed by atoms with Gasteiger partial charge in [0.25, 0.3) is 5.91 Å². The molecule has 2 aromatic carbocycles. The van der Waals surface area contributed by atoms with Crippen LogP contribution in [-0.2, 0) is 0 Å². The van der Waals surface area contributed by atoms with Crippen molar-refractivity contribution in [3.05, 3.63) is 86.1 Å². The van der Waals surface area contributed by atoms with Gasteiger partial charge in [-0.25, -0.2) is 5.43 Å². The Morgan fingerprint density at radius 3 is 2.37 bits per heavy atom. The second kappa shape index (κ2) is 8.17. The summed E-state index contributed by atoms with van der Waals surface area (Å²) in [6.45, 7) is 4.00. The Balaban J connectivity index is 1.77. The number of aromatic nitrogens is 1. The van der Waals surface area contributed by atoms with Gasteiger partial charge in [0.2, 0.25) is 0 Å². The first kappa shape index (κ1) is 19.5. The van der Waals surface area contributed by atoms with Gasteiger partial charge in [0.1, 0.15) is 0 Å². The molecule has 0 aliphatic rings. The molecule has 1 aromatic heterocycles. The van der Waals surface area contributed by atoms with Crippen LogP contribution in [0.15, 0.2) is 53.6 Å². The summed E-state index contributed by atoms with van der Waals surface area (Å²) < 4.78 is 2.10. The van der Waals surface area contributed by atoms with Crippen molar-refractivity contribution in [3.8, 4) is 5.69 Å². The highest BCUT2D eigenvalue weighted by molar-refractivity contribution is 6.42. The Hall–Kier alpha value is -2.27. The van der Waals surface area contributed by atoms with Gasteiger partial charge in [-0.15, -0.1) is 0 Å². The van der Waals surface area contributed by atoms with E-state index in [1.807, 2.05) is 44.2 Å². The van der Waals surface area contributed by atoms with Gasteiger partial charge in [-0.3, -0.25) is 4.79 Å². The number of hydrogen-bond donors (Lipinski definition) is 1. The fourth-order valence-corrected chi connectivity index (χ4v) is 3.19. The summed E-state index contributed by atoms with van der Waals surface area (Å²) in [4.78, 5) is 12.2. The molecule has 1 N–H and O–H groups in total. The van der Waals surface area contributed by atoms with E-state index in [9.17, 15) is 4.79 Å². The Kier molecular flexibility index (Phi) is 5.90. The number of carbonyl (C=O) groups excluding carboxylic acids is 1. The second-order valence-corrected chi connectivity index (χ2v) is 7.22. The number of aryl methyl sites for hydroxylation is 1. The fraction of sp³-hybridized carbons (Fsp3) is 0.100. The summed E-state index contributed by atoms with van der Waals surface area (Å²) in [6.07, 6.45) is 1.62. The maximum atomic E-state index is 12.2. The van der Waals surface area contributed by atoms with Crippen molar-refractivity contribution in [3.63, 3.8) is 0 Å². The van der Waals surface area contributed by atoms with E-state index in [1.165, 1.54) is 6.07 Å². The molecule has 0 spiro atoms. The lowest BCUT2D eigenvalue weighted by Crippen LogP contribution is -2.17. The molecular formula is C20H16Cl3N3O. The molecule has 0 bridgehead atoms. The molecule has 3 rings (SSSR count). The third-order valence-corrected chi connectivity index (χ3v) is 5.10. The number of amides is 1. The highest BCUT2D eigenvalue weighted by Gasteiger charge is 2.10. The van der Waals surface area contributed by atoms with Gasteiger partial charge < -0.3 is 4.57 Å². The number of benzene rings is 2. The average Bonchev–Trinajstić information content (AvgIpc) is 2.92. The summed E-state index contributed by atoms with van der Waals surface area (Å²) in [5.74, 6) is -0.365. The van der Waals surface area contributed by atoms with Crippen LogP contribution in [0.1, 0.15) is 27.3 Å². The Labute approximate surface area is 172 Å². The lowest BCUT2D eigenvalue weighted by molar-refractivity contribution is 0.0955. The molecule has 0 saturated heterocycles. The monoisotopic (exact) mass is 419 g/mol. The first-order chi connectivity index (χ1) is 12.9. The smallest absolute Gasteiger partial charge is 0.271 e. The number of halogens is 3. The van der Waals surface area contributed by atoms with Crippen LogP contribution in [0.25, 0.3) is 5.69 Å². The van der Waals surface area contributed by atoms with Crippen LogP contribution in [0.5, 0.6) is 0 Å². The zero-order chi connectivity index (χ0) is 19.6. The first-order valence-electron chi connectivity index (χ1n) is 8.10. The number of nitrogens with zero attached hydrogens (tertiary/aromatic N) is 2. The third-order valence-electron chi connectivity index (χ3n) is 4.11. The van der Waals surface area contributed by atoms with Crippen LogP contribution in [0.2, 0.25) is 15.1 Å². The summed E-state index contributed by atoms with van der Waals surface area (Å²) in [7, 11) is 0. The zero-order valence-corrected chi connectivity index (χ0v) is 16.9. The second-order valence-electron chi connectivity index (χ2n) is 5.97. The molecule has 3 aromatic rings. The molecule has 1 heterocycles. The van der Waals surface area contributed by atoms with Crippen molar-refractivity contribution < 1.29 is 4.79 Å². The number of rotatable bonds is 4. The lowest BCUT2D eigenvalue weighted by atomic mass is 10.2. The van der Waals surface area contributed by atoms with Crippen molar-refractivity contribution >= 4 is 46.9 Å². The van der Waals surface area contributed by atoms with Gasteiger partial charge >= 0.3 is 0 Å². The van der Waals surface area contributed by atoms with E-state index in [0.29, 0.717) is 20.6 Å². The molecule has 138 valence electrons. The maximum absolute atomic E-state index is 12.2. The molecular weight excluding hydrogens is 405 g/mol. The quantitative estimate of drug-likeness (QED) is 0.419. The number of hydrazone groups is 1. The van der Waals surface area contributed by atoms with E-state index in [2.05, 4.69) is 15.1 Å². The topological polar surface area (TPSA) is 46.4 Å². The number of carbonyl (C=O) groups is 1. The van der Waals surface area contributed by atoms with Crippen LogP contribution in [-0.4, -0.2) is 16.7 Å². The minimum Gasteiger partial charge on any atom is -0.318 e. The Bertz CT molecular complexity index is 1020. The van der Waals surface area contributed by atoms with Gasteiger partial charge in [0.05, 0.1) is 16.3 Å². The predicted octanol–water partition coefficient (Wildman–Crippen LogP) is 5.82. The molecule has 4 nitrogen and oxygen atoms in total. The highest BCUT2D eigenvalue weighted by atomic mass is 35.5. The standard InChI is InChI=1S/C20H16Cl3N3O/c1-12-9-15(13(2)26(12)17-6-4-16(21)5-7-17)11-24-25-20(27)14-3-8-18(22)19(23)10-14/h3-11H,1-2H3,(H,25,27)/b24-11-. The molecule has 0 radical (unpaired) electrons. The van der Waals surface area contributed by atoms with Gasteiger partial charge in [0, 0.05) is 33.2 Å². The van der Waals surface area contributed by atoms with Crippen molar-refractivity contribution in [1.29, 1.82) is 0 Å². The van der Waals surface area contributed by atoms with Crippen LogP contribution in [0, 0.1) is 13.8 Å². The van der Waals surface area contributed by atoms with Gasteiger partial charge in [0.15, 0.2) is 0 Å². The molecule has 0 saturated carbocycles. The lowest BCUT2D eigenvalue weighted by Gasteiger charge is -2.09. The van der Waals surface area contributed by atoms with Crippen molar-refractivity contribution in [2.24, 2.45) is 5.10 Å². The summed E-state index contributed by atoms with van der Waals surface area (Å²) in [5.41, 5.74) is 6.84. The molecule has 7 heteroatoms.